The van der Waals surface area contributed by atoms with Crippen molar-refractivity contribution in [2.75, 3.05) is 20.2 Å². The minimum absolute atomic E-state index is 0.192. The Kier molecular flexibility index (Phi) is 6.14. The zero-order valence-corrected chi connectivity index (χ0v) is 11.8. The van der Waals surface area contributed by atoms with Crippen LogP contribution in [0, 0.1) is 0 Å². The topological polar surface area (TPSA) is 107 Å². The monoisotopic (exact) mass is 328 g/mol. The molecule has 0 aromatic heterocycles. The molecule has 1 atom stereocenters. The highest BCUT2D eigenvalue weighted by Crippen LogP contribution is 2.28. The van der Waals surface area contributed by atoms with Crippen molar-refractivity contribution in [1.29, 1.82) is 0 Å². The Morgan fingerprint density at radius 1 is 1.68 bits per heavy atom. The second-order valence-corrected chi connectivity index (χ2v) is 4.43. The van der Waals surface area contributed by atoms with Crippen molar-refractivity contribution in [3.8, 4) is 5.75 Å². The van der Waals surface area contributed by atoms with E-state index in [9.17, 15) is 9.90 Å². The molecule has 19 heavy (non-hydrogen) atoms. The van der Waals surface area contributed by atoms with Gasteiger partial charge in [-0.2, -0.15) is 0 Å². The fourth-order valence-electron chi connectivity index (χ4n) is 1.51. The molecular formula is C11H13BrN4O3. The van der Waals surface area contributed by atoms with E-state index in [0.29, 0.717) is 15.8 Å². The maximum atomic E-state index is 11.2. The van der Waals surface area contributed by atoms with Crippen LogP contribution in [0.3, 0.4) is 0 Å². The number of benzene rings is 1. The van der Waals surface area contributed by atoms with Gasteiger partial charge in [-0.3, -0.25) is 4.79 Å². The molecule has 0 spiro atoms. The number of ether oxygens (including phenoxy) is 1. The average molecular weight is 329 g/mol. The Morgan fingerprint density at radius 3 is 2.95 bits per heavy atom. The molecule has 0 aliphatic heterocycles. The summed E-state index contributed by atoms with van der Waals surface area (Å²) < 4.78 is 5.76. The molecule has 102 valence electrons. The Bertz CT molecular complexity index is 503. The van der Waals surface area contributed by atoms with Gasteiger partial charge >= 0.3 is 5.97 Å². The van der Waals surface area contributed by atoms with Crippen LogP contribution in [0.4, 0.5) is 0 Å². The molecule has 1 aromatic rings. The lowest BCUT2D eigenvalue weighted by atomic mass is 10.1. The third-order valence-electron chi connectivity index (χ3n) is 2.38. The van der Waals surface area contributed by atoms with Gasteiger partial charge in [0.15, 0.2) is 0 Å². The molecule has 1 rings (SSSR count). The largest absolute Gasteiger partial charge is 0.496 e. The van der Waals surface area contributed by atoms with Crippen LogP contribution in [0.1, 0.15) is 11.6 Å². The molecule has 0 heterocycles. The highest BCUT2D eigenvalue weighted by atomic mass is 79.9. The summed E-state index contributed by atoms with van der Waals surface area (Å²) in [5, 5.41) is 15.3. The summed E-state index contributed by atoms with van der Waals surface area (Å²) in [5.74, 6) is -0.375. The van der Waals surface area contributed by atoms with Gasteiger partial charge in [0.25, 0.3) is 0 Å². The number of aliphatic carboxylic acids is 1. The number of nitrogens with zero attached hydrogens (tertiary/aromatic N) is 3. The molecule has 0 saturated carbocycles. The normalized spacial score (nSPS) is 11.5. The smallest absolute Gasteiger partial charge is 0.325 e. The number of nitrogens with one attached hydrogen (secondary N) is 1. The second-order valence-electron chi connectivity index (χ2n) is 3.57. The van der Waals surface area contributed by atoms with E-state index in [2.05, 4.69) is 31.3 Å². The van der Waals surface area contributed by atoms with Gasteiger partial charge in [-0.15, -0.1) is 0 Å². The van der Waals surface area contributed by atoms with Crippen molar-refractivity contribution < 1.29 is 14.6 Å². The molecule has 1 aromatic carbocycles. The second kappa shape index (κ2) is 7.63. The first-order valence-electron chi connectivity index (χ1n) is 5.40. The molecule has 0 amide bonds. The fourth-order valence-corrected chi connectivity index (χ4v) is 2.07. The standard InChI is InChI=1S/C11H13BrN4O3/c1-19-9-3-2-7(6-8(9)12)10(11(17)18)14-4-5-15-16-13/h2-3,6,10,14H,4-5H2,1H3,(H,17,18). The van der Waals surface area contributed by atoms with Crippen LogP contribution in [0.25, 0.3) is 10.4 Å². The number of hydrogen-bond donors (Lipinski definition) is 2. The van der Waals surface area contributed by atoms with Crippen LogP contribution in [-0.4, -0.2) is 31.3 Å². The molecular weight excluding hydrogens is 316 g/mol. The molecule has 0 radical (unpaired) electrons. The lowest BCUT2D eigenvalue weighted by Gasteiger charge is -2.15. The first-order chi connectivity index (χ1) is 9.10. The highest BCUT2D eigenvalue weighted by Gasteiger charge is 2.19. The first kappa shape index (κ1) is 15.3. The van der Waals surface area contributed by atoms with Gasteiger partial charge in [-0.25, -0.2) is 0 Å². The van der Waals surface area contributed by atoms with Gasteiger partial charge in [-0.05, 0) is 39.2 Å². The Balaban J connectivity index is 2.83. The number of hydrogen-bond acceptors (Lipinski definition) is 4. The third-order valence-corrected chi connectivity index (χ3v) is 3.00. The summed E-state index contributed by atoms with van der Waals surface area (Å²) >= 11 is 3.31. The molecule has 0 bridgehead atoms. The van der Waals surface area contributed by atoms with Gasteiger partial charge in [-0.1, -0.05) is 11.2 Å². The van der Waals surface area contributed by atoms with Gasteiger partial charge in [0.2, 0.25) is 0 Å². The number of azide groups is 1. The fraction of sp³-hybridized carbons (Fsp3) is 0.364. The zero-order chi connectivity index (χ0) is 14.3. The van der Waals surface area contributed by atoms with E-state index in [1.165, 1.54) is 7.11 Å². The van der Waals surface area contributed by atoms with Crippen molar-refractivity contribution in [3.63, 3.8) is 0 Å². The number of carbonyl (C=O) groups is 1. The lowest BCUT2D eigenvalue weighted by Crippen LogP contribution is -2.30. The van der Waals surface area contributed by atoms with Crippen LogP contribution >= 0.6 is 15.9 Å². The minimum Gasteiger partial charge on any atom is -0.496 e. The van der Waals surface area contributed by atoms with Crippen LogP contribution < -0.4 is 10.1 Å². The van der Waals surface area contributed by atoms with Crippen molar-refractivity contribution in [3.05, 3.63) is 38.7 Å². The molecule has 0 aliphatic carbocycles. The summed E-state index contributed by atoms with van der Waals surface area (Å²) in [6.45, 7) is 0.474. The Morgan fingerprint density at radius 2 is 2.42 bits per heavy atom. The number of methoxy groups -OCH3 is 1. The Labute approximate surface area is 118 Å². The highest BCUT2D eigenvalue weighted by molar-refractivity contribution is 9.10. The molecule has 1 unspecified atom stereocenters. The van der Waals surface area contributed by atoms with Gasteiger partial charge in [0.1, 0.15) is 11.8 Å². The van der Waals surface area contributed by atoms with E-state index in [0.717, 1.165) is 0 Å². The van der Waals surface area contributed by atoms with Gasteiger partial charge < -0.3 is 15.2 Å². The predicted molar refractivity (Wildman–Crippen MR) is 73.1 cm³/mol. The first-order valence-corrected chi connectivity index (χ1v) is 6.20. The Hall–Kier alpha value is -1.76. The molecule has 8 heteroatoms. The number of rotatable bonds is 7. The summed E-state index contributed by atoms with van der Waals surface area (Å²) in [6.07, 6.45) is 0. The number of carboxylic acids is 1. The van der Waals surface area contributed by atoms with Crippen molar-refractivity contribution in [2.45, 2.75) is 6.04 Å². The molecule has 0 saturated heterocycles. The zero-order valence-electron chi connectivity index (χ0n) is 10.2. The lowest BCUT2D eigenvalue weighted by molar-refractivity contribution is -0.139. The third kappa shape index (κ3) is 4.44. The van der Waals surface area contributed by atoms with Crippen LogP contribution in [0.15, 0.2) is 27.8 Å². The quantitative estimate of drug-likeness (QED) is 0.347. The molecule has 2 N–H and O–H groups in total. The maximum absolute atomic E-state index is 11.2. The average Bonchev–Trinajstić information content (AvgIpc) is 2.38. The van der Waals surface area contributed by atoms with E-state index in [1.54, 1.807) is 18.2 Å². The summed E-state index contributed by atoms with van der Waals surface area (Å²) in [7, 11) is 1.53. The van der Waals surface area contributed by atoms with Gasteiger partial charge in [0, 0.05) is 18.0 Å². The van der Waals surface area contributed by atoms with Crippen LogP contribution in [-0.2, 0) is 4.79 Å². The minimum atomic E-state index is -1.00. The SMILES string of the molecule is COc1ccc(C(NCCN=[N+]=[N-])C(=O)O)cc1Br. The van der Waals surface area contributed by atoms with Crippen molar-refractivity contribution >= 4 is 21.9 Å². The predicted octanol–water partition coefficient (Wildman–Crippen LogP) is 2.48. The number of halogens is 1. The molecule has 0 fully saturated rings. The van der Waals surface area contributed by atoms with E-state index in [4.69, 9.17) is 10.3 Å². The van der Waals surface area contributed by atoms with E-state index < -0.39 is 12.0 Å². The van der Waals surface area contributed by atoms with Crippen molar-refractivity contribution in [2.24, 2.45) is 5.11 Å². The summed E-state index contributed by atoms with van der Waals surface area (Å²) in [5.41, 5.74) is 8.73. The number of carboxylic acid groups (broad SMARTS) is 1. The van der Waals surface area contributed by atoms with Crippen molar-refractivity contribution in [1.82, 2.24) is 5.32 Å². The van der Waals surface area contributed by atoms with E-state index >= 15 is 0 Å². The van der Waals surface area contributed by atoms with Crippen LogP contribution in [0.2, 0.25) is 0 Å². The van der Waals surface area contributed by atoms with Crippen LogP contribution in [0.5, 0.6) is 5.75 Å². The summed E-state index contributed by atoms with van der Waals surface area (Å²) in [6, 6.07) is 4.17. The van der Waals surface area contributed by atoms with E-state index in [-0.39, 0.29) is 13.1 Å². The maximum Gasteiger partial charge on any atom is 0.325 e. The van der Waals surface area contributed by atoms with Gasteiger partial charge in [0.05, 0.1) is 11.6 Å². The molecule has 7 nitrogen and oxygen atoms in total. The summed E-state index contributed by atoms with van der Waals surface area (Å²) in [4.78, 5) is 13.8. The van der Waals surface area contributed by atoms with E-state index in [1.807, 2.05) is 0 Å². The molecule has 0 aliphatic rings.